The predicted octanol–water partition coefficient (Wildman–Crippen LogP) is 4.23. The van der Waals surface area contributed by atoms with Crippen LogP contribution in [-0.2, 0) is 4.79 Å². The molecule has 0 radical (unpaired) electrons. The van der Waals surface area contributed by atoms with Crippen LogP contribution in [0.15, 0.2) is 0 Å². The fourth-order valence-electron chi connectivity index (χ4n) is 4.94. The second kappa shape index (κ2) is 8.33. The number of hydrogen-bond donors (Lipinski definition) is 2. The van der Waals surface area contributed by atoms with E-state index in [1.807, 2.05) is 0 Å². The van der Waals surface area contributed by atoms with Crippen molar-refractivity contribution in [3.8, 4) is 0 Å². The van der Waals surface area contributed by atoms with Gasteiger partial charge in [-0.3, -0.25) is 10.1 Å². The molecule has 1 amide bonds. The van der Waals surface area contributed by atoms with Crippen LogP contribution in [0.1, 0.15) is 85.0 Å². The molecule has 3 heteroatoms. The van der Waals surface area contributed by atoms with Gasteiger partial charge in [0, 0.05) is 13.5 Å². The predicted molar refractivity (Wildman–Crippen MR) is 92.5 cm³/mol. The Morgan fingerprint density at radius 3 is 2.09 bits per heavy atom. The molecular formula is C19H36N2O. The molecule has 0 aromatic carbocycles. The molecule has 0 bridgehead atoms. The highest BCUT2D eigenvalue weighted by molar-refractivity contribution is 5.73. The first-order chi connectivity index (χ1) is 10.5. The van der Waals surface area contributed by atoms with Crippen LogP contribution < -0.4 is 10.6 Å². The van der Waals surface area contributed by atoms with Crippen LogP contribution in [0.4, 0.5) is 0 Å². The van der Waals surface area contributed by atoms with Crippen molar-refractivity contribution in [2.75, 3.05) is 6.54 Å². The maximum atomic E-state index is 11.5. The van der Waals surface area contributed by atoms with Gasteiger partial charge in [0.1, 0.15) is 0 Å². The fraction of sp³-hybridized carbons (Fsp3) is 0.947. The van der Waals surface area contributed by atoms with Crippen LogP contribution in [0, 0.1) is 17.3 Å². The van der Waals surface area contributed by atoms with Crippen molar-refractivity contribution in [2.45, 2.75) is 91.1 Å². The van der Waals surface area contributed by atoms with Crippen molar-refractivity contribution in [1.29, 1.82) is 0 Å². The summed E-state index contributed by atoms with van der Waals surface area (Å²) in [5, 5.41) is 6.71. The SMILES string of the molecule is CC(=O)NC1CC2(CCCCCCCCC2)C(C(C)C)CN1. The lowest BCUT2D eigenvalue weighted by Crippen LogP contribution is -2.58. The summed E-state index contributed by atoms with van der Waals surface area (Å²) >= 11 is 0. The Hall–Kier alpha value is -0.570. The molecule has 1 heterocycles. The molecular weight excluding hydrogens is 272 g/mol. The maximum Gasteiger partial charge on any atom is 0.218 e. The Morgan fingerprint density at radius 2 is 1.59 bits per heavy atom. The first-order valence-electron chi connectivity index (χ1n) is 9.54. The fourth-order valence-corrected chi connectivity index (χ4v) is 4.94. The molecule has 2 rings (SSSR count). The zero-order valence-corrected chi connectivity index (χ0v) is 14.9. The summed E-state index contributed by atoms with van der Waals surface area (Å²) in [7, 11) is 0. The normalized spacial score (nSPS) is 30.2. The van der Waals surface area contributed by atoms with E-state index in [0.29, 0.717) is 11.3 Å². The van der Waals surface area contributed by atoms with Crippen molar-refractivity contribution in [2.24, 2.45) is 17.3 Å². The topological polar surface area (TPSA) is 41.1 Å². The molecule has 2 unspecified atom stereocenters. The Bertz CT molecular complexity index is 343. The van der Waals surface area contributed by atoms with Crippen LogP contribution in [-0.4, -0.2) is 18.6 Å². The van der Waals surface area contributed by atoms with E-state index in [4.69, 9.17) is 0 Å². The summed E-state index contributed by atoms with van der Waals surface area (Å²) in [6.07, 6.45) is 13.8. The Labute approximate surface area is 137 Å². The lowest BCUT2D eigenvalue weighted by molar-refractivity contribution is -0.120. The monoisotopic (exact) mass is 308 g/mol. The van der Waals surface area contributed by atoms with Crippen LogP contribution >= 0.6 is 0 Å². The molecule has 2 fully saturated rings. The molecule has 0 aromatic heterocycles. The molecule has 2 aliphatic rings. The zero-order valence-electron chi connectivity index (χ0n) is 14.9. The van der Waals surface area contributed by atoms with Gasteiger partial charge in [-0.05, 0) is 36.5 Å². The van der Waals surface area contributed by atoms with Gasteiger partial charge in [-0.1, -0.05) is 58.8 Å². The first kappa shape index (κ1) is 17.8. The molecule has 1 aliphatic carbocycles. The Balaban J connectivity index is 2.13. The van der Waals surface area contributed by atoms with Crippen LogP contribution in [0.2, 0.25) is 0 Å². The summed E-state index contributed by atoms with van der Waals surface area (Å²) < 4.78 is 0. The van der Waals surface area contributed by atoms with E-state index in [0.717, 1.165) is 18.9 Å². The highest BCUT2D eigenvalue weighted by Crippen LogP contribution is 2.48. The van der Waals surface area contributed by atoms with E-state index >= 15 is 0 Å². The van der Waals surface area contributed by atoms with Gasteiger partial charge in [-0.25, -0.2) is 0 Å². The minimum Gasteiger partial charge on any atom is -0.341 e. The van der Waals surface area contributed by atoms with Gasteiger partial charge < -0.3 is 5.32 Å². The van der Waals surface area contributed by atoms with Crippen molar-refractivity contribution in [1.82, 2.24) is 10.6 Å². The molecule has 128 valence electrons. The summed E-state index contributed by atoms with van der Waals surface area (Å²) in [4.78, 5) is 11.5. The van der Waals surface area contributed by atoms with E-state index in [1.54, 1.807) is 6.92 Å². The highest BCUT2D eigenvalue weighted by atomic mass is 16.1. The number of nitrogens with one attached hydrogen (secondary N) is 2. The minimum absolute atomic E-state index is 0.0931. The number of rotatable bonds is 2. The average molecular weight is 309 g/mol. The van der Waals surface area contributed by atoms with Crippen LogP contribution in [0.3, 0.4) is 0 Å². The Morgan fingerprint density at radius 1 is 1.05 bits per heavy atom. The lowest BCUT2D eigenvalue weighted by atomic mass is 9.60. The Kier molecular flexibility index (Phi) is 6.73. The third kappa shape index (κ3) is 4.71. The average Bonchev–Trinajstić information content (AvgIpc) is 2.45. The molecule has 1 spiro atoms. The van der Waals surface area contributed by atoms with E-state index in [-0.39, 0.29) is 12.1 Å². The molecule has 2 N–H and O–H groups in total. The quantitative estimate of drug-likeness (QED) is 0.801. The largest absolute Gasteiger partial charge is 0.341 e. The van der Waals surface area contributed by atoms with E-state index in [9.17, 15) is 4.79 Å². The van der Waals surface area contributed by atoms with Gasteiger partial charge in [0.15, 0.2) is 0 Å². The molecule has 1 saturated carbocycles. The third-order valence-electron chi connectivity index (χ3n) is 6.01. The summed E-state index contributed by atoms with van der Waals surface area (Å²) in [5.74, 6) is 1.56. The molecule has 1 aliphatic heterocycles. The van der Waals surface area contributed by atoms with Gasteiger partial charge >= 0.3 is 0 Å². The molecule has 2 atom stereocenters. The number of amides is 1. The summed E-state index contributed by atoms with van der Waals surface area (Å²) in [6, 6.07) is 0. The molecule has 0 aromatic rings. The summed E-state index contributed by atoms with van der Waals surface area (Å²) in [6.45, 7) is 7.45. The molecule has 1 saturated heterocycles. The van der Waals surface area contributed by atoms with Crippen LogP contribution in [0.5, 0.6) is 0 Å². The second-order valence-corrected chi connectivity index (χ2v) is 8.05. The second-order valence-electron chi connectivity index (χ2n) is 8.05. The van der Waals surface area contributed by atoms with Crippen LogP contribution in [0.25, 0.3) is 0 Å². The van der Waals surface area contributed by atoms with Crippen molar-refractivity contribution < 1.29 is 4.79 Å². The first-order valence-corrected chi connectivity index (χ1v) is 9.54. The maximum absolute atomic E-state index is 11.5. The summed E-state index contributed by atoms with van der Waals surface area (Å²) in [5.41, 5.74) is 0.434. The minimum atomic E-state index is 0.0931. The smallest absolute Gasteiger partial charge is 0.218 e. The number of carbonyl (C=O) groups is 1. The lowest BCUT2D eigenvalue weighted by Gasteiger charge is -2.50. The number of carbonyl (C=O) groups excluding carboxylic acids is 1. The van der Waals surface area contributed by atoms with Gasteiger partial charge in [0.05, 0.1) is 6.17 Å². The van der Waals surface area contributed by atoms with Crippen molar-refractivity contribution in [3.05, 3.63) is 0 Å². The number of hydrogen-bond acceptors (Lipinski definition) is 2. The van der Waals surface area contributed by atoms with Gasteiger partial charge in [-0.2, -0.15) is 0 Å². The number of piperidine rings is 1. The van der Waals surface area contributed by atoms with Crippen molar-refractivity contribution >= 4 is 5.91 Å². The van der Waals surface area contributed by atoms with E-state index in [2.05, 4.69) is 24.5 Å². The standard InChI is InChI=1S/C19H36N2O/c1-15(2)17-14-20-18(21-16(3)22)13-19(17)11-9-7-5-4-6-8-10-12-19/h15,17-18,20H,4-14H2,1-3H3,(H,21,22). The zero-order chi connectivity index (χ0) is 16.0. The van der Waals surface area contributed by atoms with E-state index in [1.165, 1.54) is 57.8 Å². The van der Waals surface area contributed by atoms with E-state index < -0.39 is 0 Å². The molecule has 3 nitrogen and oxygen atoms in total. The molecule has 22 heavy (non-hydrogen) atoms. The van der Waals surface area contributed by atoms with Gasteiger partial charge in [-0.15, -0.1) is 0 Å². The third-order valence-corrected chi connectivity index (χ3v) is 6.01. The van der Waals surface area contributed by atoms with Crippen molar-refractivity contribution in [3.63, 3.8) is 0 Å². The van der Waals surface area contributed by atoms with Gasteiger partial charge in [0.2, 0.25) is 5.91 Å². The highest BCUT2D eigenvalue weighted by Gasteiger charge is 2.44. The van der Waals surface area contributed by atoms with Gasteiger partial charge in [0.25, 0.3) is 0 Å².